The summed E-state index contributed by atoms with van der Waals surface area (Å²) < 4.78 is 0. The lowest BCUT2D eigenvalue weighted by Crippen LogP contribution is -1.93. The molecule has 4 nitrogen and oxygen atoms in total. The summed E-state index contributed by atoms with van der Waals surface area (Å²) in [5.41, 5.74) is 1.56. The summed E-state index contributed by atoms with van der Waals surface area (Å²) in [4.78, 5) is 8.34. The highest BCUT2D eigenvalue weighted by molar-refractivity contribution is 7.13. The highest BCUT2D eigenvalue weighted by atomic mass is 32.1. The van der Waals surface area contributed by atoms with E-state index in [4.69, 9.17) is 5.26 Å². The van der Waals surface area contributed by atoms with E-state index in [1.165, 1.54) is 11.3 Å². The second kappa shape index (κ2) is 4.07. The first-order valence-corrected chi connectivity index (χ1v) is 5.21. The molecule has 0 saturated heterocycles. The highest BCUT2D eigenvalue weighted by Gasteiger charge is 2.00. The largest absolute Gasteiger partial charge is 0.316 e. The monoisotopic (exact) mass is 216 g/mol. The molecule has 2 aromatic heterocycles. The van der Waals surface area contributed by atoms with Gasteiger partial charge in [-0.05, 0) is 19.1 Å². The Morgan fingerprint density at radius 2 is 2.40 bits per heavy atom. The number of nitriles is 1. The summed E-state index contributed by atoms with van der Waals surface area (Å²) in [6.45, 7) is 1.93. The van der Waals surface area contributed by atoms with Gasteiger partial charge in [0.15, 0.2) is 5.13 Å². The Morgan fingerprint density at radius 3 is 3.07 bits per heavy atom. The van der Waals surface area contributed by atoms with E-state index in [9.17, 15) is 0 Å². The number of aryl methyl sites for hydroxylation is 1. The first-order chi connectivity index (χ1) is 7.28. The molecule has 0 amide bonds. The van der Waals surface area contributed by atoms with Gasteiger partial charge in [0.05, 0.1) is 17.3 Å². The predicted molar refractivity (Wildman–Crippen MR) is 59.1 cm³/mol. The molecule has 2 aromatic rings. The second-order valence-corrected chi connectivity index (χ2v) is 3.82. The number of nitrogens with one attached hydrogen (secondary N) is 1. The van der Waals surface area contributed by atoms with E-state index in [1.54, 1.807) is 18.3 Å². The van der Waals surface area contributed by atoms with Gasteiger partial charge in [-0.2, -0.15) is 5.26 Å². The van der Waals surface area contributed by atoms with Crippen molar-refractivity contribution in [2.75, 3.05) is 5.32 Å². The molecular formula is C10H8N4S. The Bertz CT molecular complexity index is 512. The van der Waals surface area contributed by atoms with E-state index in [-0.39, 0.29) is 0 Å². The third-order valence-corrected chi connectivity index (χ3v) is 2.62. The zero-order chi connectivity index (χ0) is 10.7. The Morgan fingerprint density at radius 1 is 1.53 bits per heavy atom. The molecule has 0 aliphatic rings. The molecule has 0 fully saturated rings. The van der Waals surface area contributed by atoms with Crippen molar-refractivity contribution >= 4 is 22.3 Å². The van der Waals surface area contributed by atoms with Gasteiger partial charge in [-0.15, -0.1) is 11.3 Å². The predicted octanol–water partition coefficient (Wildman–Crippen LogP) is 2.46. The quantitative estimate of drug-likeness (QED) is 0.837. The van der Waals surface area contributed by atoms with Gasteiger partial charge >= 0.3 is 0 Å². The summed E-state index contributed by atoms with van der Waals surface area (Å²) in [6, 6.07) is 5.42. The number of hydrogen-bond donors (Lipinski definition) is 1. The first-order valence-electron chi connectivity index (χ1n) is 4.33. The fourth-order valence-electron chi connectivity index (χ4n) is 1.09. The van der Waals surface area contributed by atoms with Crippen molar-refractivity contribution in [2.24, 2.45) is 0 Å². The summed E-state index contributed by atoms with van der Waals surface area (Å²) in [5, 5.41) is 14.5. The molecule has 2 heterocycles. The van der Waals surface area contributed by atoms with Crippen molar-refractivity contribution in [3.8, 4) is 6.07 Å². The molecule has 0 aliphatic heterocycles. The molecule has 1 N–H and O–H groups in total. The number of thiazole rings is 1. The minimum atomic E-state index is 0.584. The SMILES string of the molecule is Cc1csc(Nc2cc(C#N)ccn2)n1. The summed E-state index contributed by atoms with van der Waals surface area (Å²) in [7, 11) is 0. The maximum Gasteiger partial charge on any atom is 0.188 e. The lowest BCUT2D eigenvalue weighted by molar-refractivity contribution is 1.23. The van der Waals surface area contributed by atoms with Crippen molar-refractivity contribution in [1.82, 2.24) is 9.97 Å². The van der Waals surface area contributed by atoms with Gasteiger partial charge in [-0.1, -0.05) is 0 Å². The number of anilines is 2. The lowest BCUT2D eigenvalue weighted by Gasteiger charge is -2.00. The fraction of sp³-hybridized carbons (Fsp3) is 0.100. The minimum absolute atomic E-state index is 0.584. The third kappa shape index (κ3) is 2.30. The van der Waals surface area contributed by atoms with Gasteiger partial charge in [0.2, 0.25) is 0 Å². The van der Waals surface area contributed by atoms with Crippen LogP contribution in [-0.4, -0.2) is 9.97 Å². The van der Waals surface area contributed by atoms with Crippen LogP contribution < -0.4 is 5.32 Å². The summed E-state index contributed by atoms with van der Waals surface area (Å²) >= 11 is 1.51. The van der Waals surface area contributed by atoms with Crippen molar-refractivity contribution in [1.29, 1.82) is 5.26 Å². The summed E-state index contributed by atoms with van der Waals surface area (Å²) in [6.07, 6.45) is 1.60. The van der Waals surface area contributed by atoms with E-state index in [1.807, 2.05) is 12.3 Å². The molecule has 0 unspecified atom stereocenters. The molecule has 0 aromatic carbocycles. The van der Waals surface area contributed by atoms with E-state index >= 15 is 0 Å². The van der Waals surface area contributed by atoms with Crippen LogP contribution >= 0.6 is 11.3 Å². The van der Waals surface area contributed by atoms with Crippen LogP contribution in [0.25, 0.3) is 0 Å². The Kier molecular flexibility index (Phi) is 2.61. The average Bonchev–Trinajstić information content (AvgIpc) is 2.64. The molecule has 0 atom stereocenters. The van der Waals surface area contributed by atoms with Crippen LogP contribution in [0.15, 0.2) is 23.7 Å². The molecular weight excluding hydrogens is 208 g/mol. The van der Waals surface area contributed by atoms with Gasteiger partial charge in [-0.25, -0.2) is 9.97 Å². The van der Waals surface area contributed by atoms with E-state index in [2.05, 4.69) is 21.4 Å². The Balaban J connectivity index is 2.21. The highest BCUT2D eigenvalue weighted by Crippen LogP contribution is 2.19. The van der Waals surface area contributed by atoms with Crippen molar-refractivity contribution in [2.45, 2.75) is 6.92 Å². The van der Waals surface area contributed by atoms with Crippen LogP contribution in [0, 0.1) is 18.3 Å². The smallest absolute Gasteiger partial charge is 0.188 e. The number of nitrogens with zero attached hydrogens (tertiary/aromatic N) is 3. The first kappa shape index (κ1) is 9.62. The van der Waals surface area contributed by atoms with E-state index < -0.39 is 0 Å². The summed E-state index contributed by atoms with van der Waals surface area (Å²) in [5.74, 6) is 0.642. The van der Waals surface area contributed by atoms with Crippen LogP contribution in [0.5, 0.6) is 0 Å². The average molecular weight is 216 g/mol. The van der Waals surface area contributed by atoms with Crippen LogP contribution in [0.2, 0.25) is 0 Å². The Labute approximate surface area is 91.2 Å². The lowest BCUT2D eigenvalue weighted by atomic mass is 10.3. The van der Waals surface area contributed by atoms with Gasteiger partial charge in [-0.3, -0.25) is 0 Å². The van der Waals surface area contributed by atoms with Crippen molar-refractivity contribution in [3.05, 3.63) is 35.0 Å². The van der Waals surface area contributed by atoms with E-state index in [0.717, 1.165) is 10.8 Å². The molecule has 0 saturated carbocycles. The van der Waals surface area contributed by atoms with Gasteiger partial charge in [0.25, 0.3) is 0 Å². The van der Waals surface area contributed by atoms with Crippen molar-refractivity contribution < 1.29 is 0 Å². The molecule has 0 aliphatic carbocycles. The normalized spacial score (nSPS) is 9.60. The van der Waals surface area contributed by atoms with Crippen LogP contribution in [0.3, 0.4) is 0 Å². The second-order valence-electron chi connectivity index (χ2n) is 2.96. The minimum Gasteiger partial charge on any atom is -0.316 e. The fourth-order valence-corrected chi connectivity index (χ4v) is 1.78. The third-order valence-electron chi connectivity index (χ3n) is 1.74. The van der Waals surface area contributed by atoms with Crippen LogP contribution in [0.4, 0.5) is 10.9 Å². The van der Waals surface area contributed by atoms with Gasteiger partial charge < -0.3 is 5.32 Å². The molecule has 15 heavy (non-hydrogen) atoms. The zero-order valence-corrected chi connectivity index (χ0v) is 8.88. The molecule has 5 heteroatoms. The number of rotatable bonds is 2. The molecule has 0 bridgehead atoms. The van der Waals surface area contributed by atoms with Crippen LogP contribution in [0.1, 0.15) is 11.3 Å². The number of pyridine rings is 1. The van der Waals surface area contributed by atoms with Gasteiger partial charge in [0, 0.05) is 11.6 Å². The zero-order valence-electron chi connectivity index (χ0n) is 8.06. The van der Waals surface area contributed by atoms with E-state index in [0.29, 0.717) is 11.4 Å². The Hall–Kier alpha value is -1.93. The topological polar surface area (TPSA) is 61.6 Å². The van der Waals surface area contributed by atoms with Crippen molar-refractivity contribution in [3.63, 3.8) is 0 Å². The maximum atomic E-state index is 8.71. The molecule has 74 valence electrons. The molecule has 0 spiro atoms. The molecule has 0 radical (unpaired) electrons. The number of hydrogen-bond acceptors (Lipinski definition) is 5. The number of aromatic nitrogens is 2. The van der Waals surface area contributed by atoms with Crippen LogP contribution in [-0.2, 0) is 0 Å². The van der Waals surface area contributed by atoms with Gasteiger partial charge in [0.1, 0.15) is 5.82 Å². The molecule has 2 rings (SSSR count). The maximum absolute atomic E-state index is 8.71. The standard InChI is InChI=1S/C10H8N4S/c1-7-6-15-10(13-7)14-9-4-8(5-11)2-3-12-9/h2-4,6H,1H3,(H,12,13,14).